The highest BCUT2D eigenvalue weighted by Crippen LogP contribution is 2.33. The third-order valence-corrected chi connectivity index (χ3v) is 5.63. The van der Waals surface area contributed by atoms with Gasteiger partial charge in [-0.1, -0.05) is 13.8 Å². The van der Waals surface area contributed by atoms with Crippen molar-refractivity contribution in [2.24, 2.45) is 11.8 Å². The van der Waals surface area contributed by atoms with Gasteiger partial charge in [-0.25, -0.2) is 0 Å². The van der Waals surface area contributed by atoms with E-state index in [1.165, 1.54) is 19.3 Å². The van der Waals surface area contributed by atoms with E-state index in [1.807, 2.05) is 0 Å². The van der Waals surface area contributed by atoms with Crippen molar-refractivity contribution in [3.8, 4) is 0 Å². The van der Waals surface area contributed by atoms with Crippen LogP contribution in [0.25, 0.3) is 0 Å². The molecule has 1 heterocycles. The van der Waals surface area contributed by atoms with Crippen molar-refractivity contribution in [1.82, 2.24) is 5.32 Å². The van der Waals surface area contributed by atoms with E-state index < -0.39 is 10.8 Å². The largest absolute Gasteiger partial charge is 0.312 e. The third-order valence-electron chi connectivity index (χ3n) is 3.82. The summed E-state index contributed by atoms with van der Waals surface area (Å²) in [5.41, 5.74) is 0. The Hall–Kier alpha value is 0.110. The summed E-state index contributed by atoms with van der Waals surface area (Å²) in [4.78, 5) is 0. The maximum Gasteiger partial charge on any atom is 0.0504 e. The van der Waals surface area contributed by atoms with E-state index in [1.54, 1.807) is 0 Å². The Labute approximate surface area is 89.3 Å². The molecule has 0 radical (unpaired) electrons. The Bertz CT molecular complexity index is 229. The summed E-state index contributed by atoms with van der Waals surface area (Å²) in [5, 5.41) is 3.97. The molecule has 0 aromatic carbocycles. The van der Waals surface area contributed by atoms with Gasteiger partial charge in [0.05, 0.1) is 5.25 Å². The number of fused-ring (bicyclic) bond motifs is 1. The molecule has 2 fully saturated rings. The highest BCUT2D eigenvalue weighted by atomic mass is 32.2. The number of rotatable bonds is 1. The molecule has 0 aromatic heterocycles. The molecule has 14 heavy (non-hydrogen) atoms. The van der Waals surface area contributed by atoms with Crippen LogP contribution in [0, 0.1) is 11.8 Å². The van der Waals surface area contributed by atoms with Crippen molar-refractivity contribution in [1.29, 1.82) is 0 Å². The van der Waals surface area contributed by atoms with Crippen LogP contribution in [0.3, 0.4) is 0 Å². The van der Waals surface area contributed by atoms with Gasteiger partial charge in [-0.2, -0.15) is 0 Å². The Morgan fingerprint density at radius 1 is 1.36 bits per heavy atom. The molecule has 1 saturated heterocycles. The lowest BCUT2D eigenvalue weighted by molar-refractivity contribution is 0.241. The topological polar surface area (TPSA) is 29.1 Å². The van der Waals surface area contributed by atoms with E-state index in [2.05, 4.69) is 19.2 Å². The summed E-state index contributed by atoms with van der Waals surface area (Å²) >= 11 is 0. The normalized spacial score (nSPS) is 43.6. The average molecular weight is 215 g/mol. The molecule has 4 unspecified atom stereocenters. The molecule has 2 nitrogen and oxygen atoms in total. The molecule has 0 amide bonds. The van der Waals surface area contributed by atoms with E-state index >= 15 is 0 Å². The Morgan fingerprint density at radius 2 is 2.14 bits per heavy atom. The minimum Gasteiger partial charge on any atom is -0.312 e. The summed E-state index contributed by atoms with van der Waals surface area (Å²) in [6, 6.07) is 0.555. The van der Waals surface area contributed by atoms with Gasteiger partial charge in [-0.15, -0.1) is 0 Å². The fraction of sp³-hybridized carbons (Fsp3) is 1.00. The van der Waals surface area contributed by atoms with E-state index in [9.17, 15) is 4.21 Å². The molecule has 1 saturated carbocycles. The maximum absolute atomic E-state index is 11.9. The fourth-order valence-corrected chi connectivity index (χ4v) is 4.47. The van der Waals surface area contributed by atoms with E-state index in [4.69, 9.17) is 0 Å². The van der Waals surface area contributed by atoms with Gasteiger partial charge in [0.25, 0.3) is 0 Å². The maximum atomic E-state index is 11.9. The molecule has 2 rings (SSSR count). The molecular formula is C11H21NOS. The molecule has 4 atom stereocenters. The fourth-order valence-electron chi connectivity index (χ4n) is 2.79. The van der Waals surface area contributed by atoms with Gasteiger partial charge in [0.2, 0.25) is 0 Å². The second-order valence-corrected chi connectivity index (χ2v) is 6.78. The molecule has 1 aliphatic carbocycles. The monoisotopic (exact) mass is 215 g/mol. The third kappa shape index (κ3) is 2.03. The molecular weight excluding hydrogens is 194 g/mol. The van der Waals surface area contributed by atoms with Crippen molar-refractivity contribution in [3.63, 3.8) is 0 Å². The van der Waals surface area contributed by atoms with Gasteiger partial charge in [-0.05, 0) is 31.1 Å². The predicted molar refractivity (Wildman–Crippen MR) is 60.8 cm³/mol. The van der Waals surface area contributed by atoms with Crippen molar-refractivity contribution in [2.45, 2.75) is 44.4 Å². The molecule has 82 valence electrons. The van der Waals surface area contributed by atoms with Crippen molar-refractivity contribution < 1.29 is 4.21 Å². The molecule has 1 N–H and O–H groups in total. The van der Waals surface area contributed by atoms with Gasteiger partial charge < -0.3 is 5.32 Å². The van der Waals surface area contributed by atoms with Crippen molar-refractivity contribution >= 4 is 10.8 Å². The molecule has 0 aromatic rings. The standard InChI is InChI=1S/C11H21NOS/c1-8(2)9-3-4-10-11(7-9)14(13)6-5-12-10/h8-12H,3-7H2,1-2H3. The summed E-state index contributed by atoms with van der Waals surface area (Å²) in [6.07, 6.45) is 3.74. The van der Waals surface area contributed by atoms with Gasteiger partial charge in [0.15, 0.2) is 0 Å². The molecule has 2 aliphatic rings. The molecule has 3 heteroatoms. The summed E-state index contributed by atoms with van der Waals surface area (Å²) < 4.78 is 11.9. The summed E-state index contributed by atoms with van der Waals surface area (Å²) in [5.74, 6) is 2.43. The first kappa shape index (κ1) is 10.6. The number of hydrogen-bond donors (Lipinski definition) is 1. The number of hydrogen-bond acceptors (Lipinski definition) is 2. The van der Waals surface area contributed by atoms with Crippen LogP contribution in [-0.2, 0) is 10.8 Å². The van der Waals surface area contributed by atoms with Crippen LogP contribution in [0.5, 0.6) is 0 Å². The minimum absolute atomic E-state index is 0.449. The molecule has 1 aliphatic heterocycles. The first-order valence-electron chi connectivity index (χ1n) is 5.79. The summed E-state index contributed by atoms with van der Waals surface area (Å²) in [6.45, 7) is 5.55. The predicted octanol–water partition coefficient (Wildman–Crippen LogP) is 1.53. The highest BCUT2D eigenvalue weighted by molar-refractivity contribution is 7.85. The summed E-state index contributed by atoms with van der Waals surface area (Å²) in [7, 11) is -0.556. The Morgan fingerprint density at radius 3 is 2.86 bits per heavy atom. The average Bonchev–Trinajstić information content (AvgIpc) is 2.18. The van der Waals surface area contributed by atoms with Crippen LogP contribution in [0.15, 0.2) is 0 Å². The Balaban J connectivity index is 2.02. The van der Waals surface area contributed by atoms with E-state index in [0.29, 0.717) is 11.3 Å². The van der Waals surface area contributed by atoms with Gasteiger partial charge in [0.1, 0.15) is 0 Å². The zero-order valence-electron chi connectivity index (χ0n) is 9.16. The smallest absolute Gasteiger partial charge is 0.0504 e. The first-order valence-corrected chi connectivity index (χ1v) is 7.17. The molecule has 0 bridgehead atoms. The van der Waals surface area contributed by atoms with Gasteiger partial charge >= 0.3 is 0 Å². The van der Waals surface area contributed by atoms with Crippen LogP contribution >= 0.6 is 0 Å². The van der Waals surface area contributed by atoms with Gasteiger partial charge in [-0.3, -0.25) is 4.21 Å². The SMILES string of the molecule is CC(C)C1CCC2NCCS(=O)C2C1. The van der Waals surface area contributed by atoms with Crippen molar-refractivity contribution in [3.05, 3.63) is 0 Å². The minimum atomic E-state index is -0.556. The van der Waals surface area contributed by atoms with Crippen molar-refractivity contribution in [2.75, 3.05) is 12.3 Å². The first-order chi connectivity index (χ1) is 6.68. The van der Waals surface area contributed by atoms with Gasteiger partial charge in [0, 0.05) is 29.1 Å². The Kier molecular flexibility index (Phi) is 3.27. The lowest BCUT2D eigenvalue weighted by Gasteiger charge is -2.40. The lowest BCUT2D eigenvalue weighted by atomic mass is 9.79. The number of nitrogens with one attached hydrogen (secondary N) is 1. The second-order valence-electron chi connectivity index (χ2n) is 5.00. The lowest BCUT2D eigenvalue weighted by Crippen LogP contribution is -2.53. The van der Waals surface area contributed by atoms with E-state index in [-0.39, 0.29) is 0 Å². The quantitative estimate of drug-likeness (QED) is 0.719. The molecule has 0 spiro atoms. The van der Waals surface area contributed by atoms with E-state index in [0.717, 1.165) is 24.1 Å². The zero-order chi connectivity index (χ0) is 10.1. The van der Waals surface area contributed by atoms with Crippen LogP contribution in [-0.4, -0.2) is 27.8 Å². The van der Waals surface area contributed by atoms with Crippen LogP contribution in [0.4, 0.5) is 0 Å². The van der Waals surface area contributed by atoms with Crippen LogP contribution in [0.1, 0.15) is 33.1 Å². The van der Waals surface area contributed by atoms with Crippen LogP contribution < -0.4 is 5.32 Å². The van der Waals surface area contributed by atoms with Crippen LogP contribution in [0.2, 0.25) is 0 Å². The second kappa shape index (κ2) is 4.31. The zero-order valence-corrected chi connectivity index (χ0v) is 9.98. The highest BCUT2D eigenvalue weighted by Gasteiger charge is 2.37.